The van der Waals surface area contributed by atoms with E-state index in [1.54, 1.807) is 0 Å². The number of carbonyl (C=O) groups excluding carboxylic acids is 2. The van der Waals surface area contributed by atoms with E-state index in [4.69, 9.17) is 4.74 Å². The van der Waals surface area contributed by atoms with Gasteiger partial charge in [0, 0.05) is 24.6 Å². The molecular weight excluding hydrogens is 360 g/mol. The second-order valence-corrected chi connectivity index (χ2v) is 6.19. The average Bonchev–Trinajstić information content (AvgIpc) is 2.69. The van der Waals surface area contributed by atoms with E-state index in [1.807, 2.05) is 31.2 Å². The molecule has 0 saturated carbocycles. The van der Waals surface area contributed by atoms with Crippen molar-refractivity contribution in [2.24, 2.45) is 0 Å². The lowest BCUT2D eigenvalue weighted by Gasteiger charge is -2.06. The molecule has 7 nitrogen and oxygen atoms in total. The summed E-state index contributed by atoms with van der Waals surface area (Å²) in [6.45, 7) is 2.32. The lowest BCUT2D eigenvalue weighted by molar-refractivity contribution is -0.384. The summed E-state index contributed by atoms with van der Waals surface area (Å²) in [5, 5.41) is 13.3. The molecule has 0 aliphatic heterocycles. The number of nitro groups is 1. The molecule has 0 fully saturated rings. The first-order chi connectivity index (χ1) is 13.4. The van der Waals surface area contributed by atoms with Crippen LogP contribution < -0.4 is 5.32 Å². The van der Waals surface area contributed by atoms with Crippen molar-refractivity contribution in [3.05, 3.63) is 81.4 Å². The molecular formula is C21H22N2O5. The quantitative estimate of drug-likeness (QED) is 0.236. The predicted octanol–water partition coefficient (Wildman–Crippen LogP) is 3.21. The van der Waals surface area contributed by atoms with E-state index in [-0.39, 0.29) is 24.7 Å². The Kier molecular flexibility index (Phi) is 7.90. The zero-order valence-electron chi connectivity index (χ0n) is 15.6. The molecule has 1 amide bonds. The van der Waals surface area contributed by atoms with Gasteiger partial charge in [-0.2, -0.15) is 0 Å². The van der Waals surface area contributed by atoms with E-state index in [0.29, 0.717) is 18.4 Å². The van der Waals surface area contributed by atoms with Gasteiger partial charge in [-0.25, -0.2) is 4.79 Å². The molecule has 0 atom stereocenters. The lowest BCUT2D eigenvalue weighted by atomic mass is 10.1. The van der Waals surface area contributed by atoms with Crippen molar-refractivity contribution >= 4 is 23.6 Å². The van der Waals surface area contributed by atoms with Crippen LogP contribution in [0.15, 0.2) is 54.6 Å². The summed E-state index contributed by atoms with van der Waals surface area (Å²) in [5.41, 5.74) is 2.91. The number of benzene rings is 2. The highest BCUT2D eigenvalue weighted by Crippen LogP contribution is 2.12. The van der Waals surface area contributed by atoms with Crippen LogP contribution in [0.2, 0.25) is 0 Å². The molecule has 0 aromatic heterocycles. The zero-order valence-corrected chi connectivity index (χ0v) is 15.6. The summed E-state index contributed by atoms with van der Waals surface area (Å²) < 4.78 is 5.00. The van der Waals surface area contributed by atoms with E-state index >= 15 is 0 Å². The topological polar surface area (TPSA) is 98.5 Å². The molecule has 0 aliphatic carbocycles. The summed E-state index contributed by atoms with van der Waals surface area (Å²) in [4.78, 5) is 33.5. The number of ether oxygens (including phenoxy) is 1. The Morgan fingerprint density at radius 3 is 2.43 bits per heavy atom. The fourth-order valence-electron chi connectivity index (χ4n) is 2.36. The molecule has 0 unspecified atom stereocenters. The normalized spacial score (nSPS) is 10.6. The standard InChI is InChI=1S/C21H22N2O5/c1-16-2-4-17(5-3-16)8-12-20(24)22-14-15-28-21(25)13-9-18-6-10-19(11-7-18)23(26)27/h2-7,9-11,13H,8,12,14-15H2,1H3,(H,22,24)/b13-9+. The monoisotopic (exact) mass is 382 g/mol. The summed E-state index contributed by atoms with van der Waals surface area (Å²) in [6.07, 6.45) is 3.77. The lowest BCUT2D eigenvalue weighted by Crippen LogP contribution is -2.28. The van der Waals surface area contributed by atoms with Gasteiger partial charge in [0.2, 0.25) is 5.91 Å². The Hall–Kier alpha value is -3.48. The van der Waals surface area contributed by atoms with Gasteiger partial charge >= 0.3 is 5.97 Å². The third-order valence-corrected chi connectivity index (χ3v) is 3.95. The van der Waals surface area contributed by atoms with Crippen LogP contribution in [0, 0.1) is 17.0 Å². The third-order valence-electron chi connectivity index (χ3n) is 3.95. The van der Waals surface area contributed by atoms with Gasteiger partial charge in [-0.15, -0.1) is 0 Å². The number of hydrogen-bond donors (Lipinski definition) is 1. The minimum Gasteiger partial charge on any atom is -0.461 e. The van der Waals surface area contributed by atoms with Gasteiger partial charge in [-0.3, -0.25) is 14.9 Å². The second kappa shape index (κ2) is 10.6. The third kappa shape index (κ3) is 7.41. The molecule has 0 saturated heterocycles. The van der Waals surface area contributed by atoms with Crippen LogP contribution in [-0.4, -0.2) is 30.0 Å². The number of non-ortho nitro benzene ring substituents is 1. The number of carbonyl (C=O) groups is 2. The molecule has 0 aliphatic rings. The van der Waals surface area contributed by atoms with Crippen LogP contribution in [0.25, 0.3) is 6.08 Å². The van der Waals surface area contributed by atoms with Gasteiger partial charge in [0.05, 0.1) is 11.5 Å². The van der Waals surface area contributed by atoms with Crippen molar-refractivity contribution in [1.29, 1.82) is 0 Å². The molecule has 1 N–H and O–H groups in total. The Balaban J connectivity index is 1.62. The van der Waals surface area contributed by atoms with Crippen LogP contribution >= 0.6 is 0 Å². The number of nitro benzene ring substituents is 1. The fraction of sp³-hybridized carbons (Fsp3) is 0.238. The molecule has 0 spiro atoms. The largest absolute Gasteiger partial charge is 0.461 e. The Bertz CT molecular complexity index is 842. The van der Waals surface area contributed by atoms with Gasteiger partial charge < -0.3 is 10.1 Å². The first-order valence-corrected chi connectivity index (χ1v) is 8.85. The van der Waals surface area contributed by atoms with E-state index < -0.39 is 10.9 Å². The highest BCUT2D eigenvalue weighted by atomic mass is 16.6. The van der Waals surface area contributed by atoms with Gasteiger partial charge in [-0.05, 0) is 42.7 Å². The molecule has 146 valence electrons. The molecule has 2 rings (SSSR count). The minimum atomic E-state index is -0.549. The maximum Gasteiger partial charge on any atom is 0.330 e. The molecule has 7 heteroatoms. The zero-order chi connectivity index (χ0) is 20.4. The van der Waals surface area contributed by atoms with Gasteiger partial charge in [-0.1, -0.05) is 29.8 Å². The van der Waals surface area contributed by atoms with Crippen molar-refractivity contribution < 1.29 is 19.2 Å². The molecule has 28 heavy (non-hydrogen) atoms. The van der Waals surface area contributed by atoms with Crippen molar-refractivity contribution in [2.75, 3.05) is 13.2 Å². The van der Waals surface area contributed by atoms with Crippen molar-refractivity contribution in [1.82, 2.24) is 5.32 Å². The SMILES string of the molecule is Cc1ccc(CCC(=O)NCCOC(=O)/C=C/c2ccc([N+](=O)[O-])cc2)cc1. The van der Waals surface area contributed by atoms with Crippen molar-refractivity contribution in [3.63, 3.8) is 0 Å². The molecule has 0 bridgehead atoms. The summed E-state index contributed by atoms with van der Waals surface area (Å²) in [5.74, 6) is -0.648. The number of nitrogens with one attached hydrogen (secondary N) is 1. The Morgan fingerprint density at radius 2 is 1.79 bits per heavy atom. The van der Waals surface area contributed by atoms with E-state index in [0.717, 1.165) is 5.56 Å². The number of aryl methyl sites for hydroxylation is 2. The highest BCUT2D eigenvalue weighted by molar-refractivity contribution is 5.87. The Morgan fingerprint density at radius 1 is 1.11 bits per heavy atom. The van der Waals surface area contributed by atoms with Crippen LogP contribution in [0.4, 0.5) is 5.69 Å². The molecule has 0 radical (unpaired) electrons. The summed E-state index contributed by atoms with van der Waals surface area (Å²) in [6, 6.07) is 13.8. The first-order valence-electron chi connectivity index (χ1n) is 8.85. The maximum atomic E-state index is 11.8. The van der Waals surface area contributed by atoms with Gasteiger partial charge in [0.25, 0.3) is 5.69 Å². The summed E-state index contributed by atoms with van der Waals surface area (Å²) >= 11 is 0. The second-order valence-electron chi connectivity index (χ2n) is 6.19. The molecule has 2 aromatic rings. The Labute approximate surface area is 163 Å². The number of amides is 1. The first kappa shape index (κ1) is 20.8. The van der Waals surface area contributed by atoms with Crippen molar-refractivity contribution in [3.8, 4) is 0 Å². The number of rotatable bonds is 9. The minimum absolute atomic E-state index is 0.0159. The van der Waals surface area contributed by atoms with Crippen molar-refractivity contribution in [2.45, 2.75) is 19.8 Å². The fourth-order valence-corrected chi connectivity index (χ4v) is 2.36. The summed E-state index contributed by atoms with van der Waals surface area (Å²) in [7, 11) is 0. The van der Waals surface area contributed by atoms with Crippen LogP contribution in [-0.2, 0) is 20.7 Å². The average molecular weight is 382 g/mol. The van der Waals surface area contributed by atoms with Gasteiger partial charge in [0.15, 0.2) is 0 Å². The van der Waals surface area contributed by atoms with Crippen LogP contribution in [0.3, 0.4) is 0 Å². The maximum absolute atomic E-state index is 11.8. The molecule has 0 heterocycles. The van der Waals surface area contributed by atoms with Gasteiger partial charge in [0.1, 0.15) is 6.61 Å². The van der Waals surface area contributed by atoms with E-state index in [2.05, 4.69) is 5.32 Å². The van der Waals surface area contributed by atoms with E-state index in [1.165, 1.54) is 42.0 Å². The molecule has 2 aromatic carbocycles. The number of hydrogen-bond acceptors (Lipinski definition) is 5. The number of esters is 1. The number of nitrogens with zero attached hydrogens (tertiary/aromatic N) is 1. The van der Waals surface area contributed by atoms with Crippen LogP contribution in [0.5, 0.6) is 0 Å². The predicted molar refractivity (Wildman–Crippen MR) is 106 cm³/mol. The highest BCUT2D eigenvalue weighted by Gasteiger charge is 2.04. The van der Waals surface area contributed by atoms with Crippen LogP contribution in [0.1, 0.15) is 23.1 Å². The van der Waals surface area contributed by atoms with E-state index in [9.17, 15) is 19.7 Å². The smallest absolute Gasteiger partial charge is 0.330 e.